The summed E-state index contributed by atoms with van der Waals surface area (Å²) in [5.74, 6) is 0.729. The van der Waals surface area contributed by atoms with E-state index in [1.54, 1.807) is 13.2 Å². The second kappa shape index (κ2) is 10.0. The lowest BCUT2D eigenvalue weighted by atomic mass is 10.3. The van der Waals surface area contributed by atoms with Gasteiger partial charge in [-0.2, -0.15) is 0 Å². The molecule has 0 saturated carbocycles. The van der Waals surface area contributed by atoms with Crippen molar-refractivity contribution >= 4 is 21.6 Å². The van der Waals surface area contributed by atoms with Crippen molar-refractivity contribution in [1.82, 2.24) is 0 Å². The summed E-state index contributed by atoms with van der Waals surface area (Å²) in [4.78, 5) is 0. The van der Waals surface area contributed by atoms with Gasteiger partial charge in [-0.1, -0.05) is 15.9 Å². The monoisotopic (exact) mass is 333 g/mol. The molecular formula is C13H20BrNO4. The average Bonchev–Trinajstić information content (AvgIpc) is 2.36. The molecule has 0 aromatic heterocycles. The number of anilines is 1. The van der Waals surface area contributed by atoms with E-state index in [9.17, 15) is 0 Å². The maximum absolute atomic E-state index is 5.70. The molecule has 0 aliphatic rings. The van der Waals surface area contributed by atoms with Gasteiger partial charge in [0.15, 0.2) is 0 Å². The molecule has 0 atom stereocenters. The van der Waals surface area contributed by atoms with E-state index in [1.807, 2.05) is 12.1 Å². The lowest BCUT2D eigenvalue weighted by molar-refractivity contribution is 0.0180. The van der Waals surface area contributed by atoms with Crippen molar-refractivity contribution in [3.63, 3.8) is 0 Å². The fourth-order valence-corrected chi connectivity index (χ4v) is 1.84. The van der Waals surface area contributed by atoms with E-state index >= 15 is 0 Å². The SMILES string of the molecule is COCCOCCOCCOc1cc(N)cc(Br)c1. The van der Waals surface area contributed by atoms with Crippen LogP contribution in [0.15, 0.2) is 22.7 Å². The number of hydrogen-bond donors (Lipinski definition) is 1. The zero-order chi connectivity index (χ0) is 13.9. The number of rotatable bonds is 10. The van der Waals surface area contributed by atoms with Gasteiger partial charge < -0.3 is 24.7 Å². The third kappa shape index (κ3) is 8.05. The van der Waals surface area contributed by atoms with Gasteiger partial charge in [0.05, 0.1) is 33.0 Å². The Morgan fingerprint density at radius 2 is 1.58 bits per heavy atom. The van der Waals surface area contributed by atoms with Crippen LogP contribution in [-0.4, -0.2) is 46.8 Å². The van der Waals surface area contributed by atoms with E-state index in [2.05, 4.69) is 15.9 Å². The first-order valence-electron chi connectivity index (χ1n) is 6.05. The van der Waals surface area contributed by atoms with Crippen molar-refractivity contribution in [2.75, 3.05) is 52.5 Å². The van der Waals surface area contributed by atoms with Gasteiger partial charge in [0.2, 0.25) is 0 Å². The molecule has 0 amide bonds. The van der Waals surface area contributed by atoms with Crippen LogP contribution in [-0.2, 0) is 14.2 Å². The first-order chi connectivity index (χ1) is 9.22. The lowest BCUT2D eigenvalue weighted by Crippen LogP contribution is -2.12. The molecule has 0 fully saturated rings. The lowest BCUT2D eigenvalue weighted by Gasteiger charge is -2.08. The minimum absolute atomic E-state index is 0.480. The van der Waals surface area contributed by atoms with Crippen molar-refractivity contribution in [2.45, 2.75) is 0 Å². The number of methoxy groups -OCH3 is 1. The zero-order valence-corrected chi connectivity index (χ0v) is 12.6. The minimum atomic E-state index is 0.480. The second-order valence-corrected chi connectivity index (χ2v) is 4.70. The van der Waals surface area contributed by atoms with Gasteiger partial charge in [-0.25, -0.2) is 0 Å². The standard InChI is InChI=1S/C13H20BrNO4/c1-16-2-3-17-4-5-18-6-7-19-13-9-11(14)8-12(15)10-13/h8-10H,2-7,15H2,1H3. The molecule has 5 nitrogen and oxygen atoms in total. The molecule has 1 rings (SSSR count). The summed E-state index contributed by atoms with van der Waals surface area (Å²) < 4.78 is 21.9. The molecule has 0 spiro atoms. The van der Waals surface area contributed by atoms with Crippen LogP contribution in [0.5, 0.6) is 5.75 Å². The van der Waals surface area contributed by atoms with Crippen LogP contribution in [0.25, 0.3) is 0 Å². The summed E-state index contributed by atoms with van der Waals surface area (Å²) in [7, 11) is 1.64. The van der Waals surface area contributed by atoms with Crippen molar-refractivity contribution in [3.05, 3.63) is 22.7 Å². The van der Waals surface area contributed by atoms with Gasteiger partial charge >= 0.3 is 0 Å². The topological polar surface area (TPSA) is 62.9 Å². The highest BCUT2D eigenvalue weighted by Gasteiger charge is 1.98. The molecule has 0 unspecified atom stereocenters. The zero-order valence-electron chi connectivity index (χ0n) is 11.1. The Morgan fingerprint density at radius 3 is 2.21 bits per heavy atom. The van der Waals surface area contributed by atoms with Crippen LogP contribution in [0.3, 0.4) is 0 Å². The molecule has 0 bridgehead atoms. The molecule has 0 saturated heterocycles. The predicted molar refractivity (Wildman–Crippen MR) is 77.6 cm³/mol. The highest BCUT2D eigenvalue weighted by atomic mass is 79.9. The quantitative estimate of drug-likeness (QED) is 0.524. The van der Waals surface area contributed by atoms with Crippen LogP contribution in [0.2, 0.25) is 0 Å². The Bertz CT molecular complexity index is 342. The van der Waals surface area contributed by atoms with E-state index in [1.165, 1.54) is 0 Å². The van der Waals surface area contributed by atoms with Gasteiger partial charge in [0.1, 0.15) is 12.4 Å². The molecule has 0 aliphatic carbocycles. The summed E-state index contributed by atoms with van der Waals surface area (Å²) in [5, 5.41) is 0. The first-order valence-corrected chi connectivity index (χ1v) is 6.85. The Balaban J connectivity index is 2.01. The number of ether oxygens (including phenoxy) is 4. The maximum Gasteiger partial charge on any atom is 0.122 e. The average molecular weight is 334 g/mol. The summed E-state index contributed by atoms with van der Waals surface area (Å²) >= 11 is 3.36. The number of hydrogen-bond acceptors (Lipinski definition) is 5. The predicted octanol–water partition coefficient (Wildman–Crippen LogP) is 2.09. The van der Waals surface area contributed by atoms with Gasteiger partial charge in [-0.05, 0) is 12.1 Å². The van der Waals surface area contributed by atoms with E-state index < -0.39 is 0 Å². The molecule has 2 N–H and O–H groups in total. The highest BCUT2D eigenvalue weighted by Crippen LogP contribution is 2.22. The van der Waals surface area contributed by atoms with Gasteiger partial charge in [-0.15, -0.1) is 0 Å². The summed E-state index contributed by atoms with van der Waals surface area (Å²) in [5.41, 5.74) is 6.37. The van der Waals surface area contributed by atoms with Crippen molar-refractivity contribution in [2.24, 2.45) is 0 Å². The first kappa shape index (κ1) is 16.2. The Kier molecular flexibility index (Phi) is 8.57. The Hall–Kier alpha value is -0.820. The fraction of sp³-hybridized carbons (Fsp3) is 0.538. The van der Waals surface area contributed by atoms with Gasteiger partial charge in [0.25, 0.3) is 0 Å². The Morgan fingerprint density at radius 1 is 0.947 bits per heavy atom. The number of halogens is 1. The normalized spacial score (nSPS) is 10.6. The van der Waals surface area contributed by atoms with Gasteiger partial charge in [0, 0.05) is 23.3 Å². The highest BCUT2D eigenvalue weighted by molar-refractivity contribution is 9.10. The van der Waals surface area contributed by atoms with E-state index in [-0.39, 0.29) is 0 Å². The Labute approximate surface area is 122 Å². The molecule has 1 aromatic rings. The van der Waals surface area contributed by atoms with Crippen LogP contribution < -0.4 is 10.5 Å². The molecule has 6 heteroatoms. The summed E-state index contributed by atoms with van der Waals surface area (Å²) in [6.07, 6.45) is 0. The number of nitrogen functional groups attached to an aromatic ring is 1. The van der Waals surface area contributed by atoms with Gasteiger partial charge in [-0.3, -0.25) is 0 Å². The maximum atomic E-state index is 5.70. The van der Waals surface area contributed by atoms with Crippen LogP contribution in [0.1, 0.15) is 0 Å². The third-order valence-corrected chi connectivity index (χ3v) is 2.65. The molecule has 0 heterocycles. The summed E-state index contributed by atoms with van der Waals surface area (Å²) in [6, 6.07) is 5.46. The van der Waals surface area contributed by atoms with Crippen LogP contribution >= 0.6 is 15.9 Å². The minimum Gasteiger partial charge on any atom is -0.491 e. The van der Waals surface area contributed by atoms with Crippen molar-refractivity contribution < 1.29 is 18.9 Å². The smallest absolute Gasteiger partial charge is 0.122 e. The number of benzene rings is 1. The third-order valence-electron chi connectivity index (χ3n) is 2.19. The fourth-order valence-electron chi connectivity index (χ4n) is 1.35. The van der Waals surface area contributed by atoms with E-state index in [0.29, 0.717) is 45.3 Å². The molecular weight excluding hydrogens is 314 g/mol. The molecule has 108 valence electrons. The van der Waals surface area contributed by atoms with E-state index in [0.717, 1.165) is 10.2 Å². The number of nitrogens with two attached hydrogens (primary N) is 1. The molecule has 19 heavy (non-hydrogen) atoms. The molecule has 1 aromatic carbocycles. The largest absolute Gasteiger partial charge is 0.491 e. The van der Waals surface area contributed by atoms with Crippen LogP contribution in [0.4, 0.5) is 5.69 Å². The van der Waals surface area contributed by atoms with Crippen molar-refractivity contribution in [1.29, 1.82) is 0 Å². The van der Waals surface area contributed by atoms with Crippen LogP contribution in [0, 0.1) is 0 Å². The molecule has 0 radical (unpaired) electrons. The molecule has 0 aliphatic heterocycles. The van der Waals surface area contributed by atoms with E-state index in [4.69, 9.17) is 24.7 Å². The second-order valence-electron chi connectivity index (χ2n) is 3.79. The summed E-state index contributed by atoms with van der Waals surface area (Å²) in [6.45, 7) is 3.30. The van der Waals surface area contributed by atoms with Crippen molar-refractivity contribution in [3.8, 4) is 5.75 Å².